The second kappa shape index (κ2) is 13.1. The van der Waals surface area contributed by atoms with Gasteiger partial charge in [-0.25, -0.2) is 9.59 Å². The Hall–Kier alpha value is -3.54. The lowest BCUT2D eigenvalue weighted by Crippen LogP contribution is -2.14. The molecule has 2 aromatic rings. The van der Waals surface area contributed by atoms with Gasteiger partial charge in [-0.15, -0.1) is 0 Å². The third kappa shape index (κ3) is 7.83. The summed E-state index contributed by atoms with van der Waals surface area (Å²) in [6.45, 7) is 13.2. The minimum Gasteiger partial charge on any atom is -0.490 e. The summed E-state index contributed by atoms with van der Waals surface area (Å²) in [6, 6.07) is 15.6. The number of hydrogen-bond donors (Lipinski definition) is 0. The first-order valence-electron chi connectivity index (χ1n) is 10.9. The number of para-hydroxylation sites is 2. The van der Waals surface area contributed by atoms with Gasteiger partial charge >= 0.3 is 11.9 Å². The molecule has 0 amide bonds. The molecule has 2 rings (SSSR count). The molecule has 0 aliphatic carbocycles. The van der Waals surface area contributed by atoms with Crippen molar-refractivity contribution in [3.8, 4) is 11.5 Å². The third-order valence-corrected chi connectivity index (χ3v) is 4.84. The molecule has 0 unspecified atom stereocenters. The molecule has 0 heterocycles. The maximum absolute atomic E-state index is 11.6. The van der Waals surface area contributed by atoms with E-state index in [4.69, 9.17) is 18.9 Å². The maximum atomic E-state index is 11.6. The van der Waals surface area contributed by atoms with Crippen LogP contribution in [0, 0.1) is 0 Å². The van der Waals surface area contributed by atoms with E-state index in [9.17, 15) is 9.59 Å². The average molecular weight is 453 g/mol. The fourth-order valence-corrected chi connectivity index (χ4v) is 3.23. The molecular formula is C27H32O6. The predicted octanol–water partition coefficient (Wildman–Crippen LogP) is 5.22. The van der Waals surface area contributed by atoms with Crippen LogP contribution in [0.15, 0.2) is 72.8 Å². The van der Waals surface area contributed by atoms with Crippen molar-refractivity contribution in [1.29, 1.82) is 0 Å². The van der Waals surface area contributed by atoms with E-state index >= 15 is 0 Å². The quantitative estimate of drug-likeness (QED) is 0.236. The van der Waals surface area contributed by atoms with Gasteiger partial charge < -0.3 is 18.9 Å². The molecule has 176 valence electrons. The van der Waals surface area contributed by atoms with Crippen LogP contribution in [0.3, 0.4) is 0 Å². The van der Waals surface area contributed by atoms with Crippen LogP contribution in [0.2, 0.25) is 0 Å². The highest BCUT2D eigenvalue weighted by atomic mass is 16.6. The number of esters is 2. The zero-order valence-electron chi connectivity index (χ0n) is 19.6. The van der Waals surface area contributed by atoms with Crippen molar-refractivity contribution >= 4 is 11.9 Å². The van der Waals surface area contributed by atoms with Gasteiger partial charge in [0, 0.05) is 28.2 Å². The fourth-order valence-electron chi connectivity index (χ4n) is 3.23. The van der Waals surface area contributed by atoms with E-state index in [1.807, 2.05) is 48.5 Å². The summed E-state index contributed by atoms with van der Waals surface area (Å²) < 4.78 is 22.1. The molecule has 33 heavy (non-hydrogen) atoms. The predicted molar refractivity (Wildman–Crippen MR) is 128 cm³/mol. The monoisotopic (exact) mass is 452 g/mol. The number of carbonyl (C=O) groups is 2. The van der Waals surface area contributed by atoms with E-state index < -0.39 is 11.9 Å². The Morgan fingerprint density at radius 2 is 1.12 bits per heavy atom. The summed E-state index contributed by atoms with van der Waals surface area (Å²) in [4.78, 5) is 23.1. The molecule has 6 nitrogen and oxygen atoms in total. The summed E-state index contributed by atoms with van der Waals surface area (Å²) in [5, 5.41) is 0. The molecular weight excluding hydrogens is 420 g/mol. The van der Waals surface area contributed by atoms with Crippen LogP contribution < -0.4 is 9.47 Å². The minimum absolute atomic E-state index is 0.0216. The number of benzene rings is 2. The van der Waals surface area contributed by atoms with Crippen LogP contribution in [-0.4, -0.2) is 38.4 Å². The zero-order valence-corrected chi connectivity index (χ0v) is 19.6. The second-order valence-electron chi connectivity index (χ2n) is 7.57. The van der Waals surface area contributed by atoms with Gasteiger partial charge in [0.25, 0.3) is 0 Å². The van der Waals surface area contributed by atoms with E-state index in [1.54, 1.807) is 13.8 Å². The average Bonchev–Trinajstić information content (AvgIpc) is 2.81. The Morgan fingerprint density at radius 3 is 1.48 bits per heavy atom. The van der Waals surface area contributed by atoms with Gasteiger partial charge in [0.05, 0.1) is 0 Å². The first kappa shape index (κ1) is 25.7. The topological polar surface area (TPSA) is 71.1 Å². The molecule has 0 spiro atoms. The largest absolute Gasteiger partial charge is 0.490 e. The zero-order chi connectivity index (χ0) is 24.2. The van der Waals surface area contributed by atoms with Crippen LogP contribution in [0.1, 0.15) is 44.2 Å². The minimum atomic E-state index is -0.432. The molecule has 0 atom stereocenters. The Morgan fingerprint density at radius 1 is 0.727 bits per heavy atom. The number of hydrogen-bond acceptors (Lipinski definition) is 6. The standard InChI is InChI=1S/C27H32O6/c1-6-21(22-11-7-9-13-24(22)30-15-17-32-26(28)19(2)3)23-12-8-10-14-25(23)31-16-18-33-27(29)20(4)5/h7-14,21H,2,4,6,15-18H2,1,3,5H3. The van der Waals surface area contributed by atoms with Crippen LogP contribution in [0.25, 0.3) is 0 Å². The second-order valence-corrected chi connectivity index (χ2v) is 7.57. The van der Waals surface area contributed by atoms with Gasteiger partial charge in [-0.3, -0.25) is 0 Å². The van der Waals surface area contributed by atoms with Crippen molar-refractivity contribution in [2.24, 2.45) is 0 Å². The van der Waals surface area contributed by atoms with Crippen molar-refractivity contribution in [2.75, 3.05) is 26.4 Å². The molecule has 0 saturated carbocycles. The van der Waals surface area contributed by atoms with E-state index in [1.165, 1.54) is 0 Å². The molecule has 2 aromatic carbocycles. The lowest BCUT2D eigenvalue weighted by molar-refractivity contribution is -0.140. The molecule has 0 bridgehead atoms. The van der Waals surface area contributed by atoms with E-state index in [0.29, 0.717) is 11.1 Å². The van der Waals surface area contributed by atoms with E-state index in [0.717, 1.165) is 29.0 Å². The van der Waals surface area contributed by atoms with Crippen LogP contribution >= 0.6 is 0 Å². The normalized spacial score (nSPS) is 10.4. The molecule has 6 heteroatoms. The van der Waals surface area contributed by atoms with Gasteiger partial charge in [0.15, 0.2) is 0 Å². The highest BCUT2D eigenvalue weighted by molar-refractivity contribution is 5.87. The number of rotatable bonds is 13. The first-order valence-corrected chi connectivity index (χ1v) is 10.9. The molecule has 0 saturated heterocycles. The van der Waals surface area contributed by atoms with Crippen molar-refractivity contribution in [1.82, 2.24) is 0 Å². The van der Waals surface area contributed by atoms with Crippen molar-refractivity contribution in [3.05, 3.63) is 84.0 Å². The Kier molecular flexibility index (Phi) is 10.2. The lowest BCUT2D eigenvalue weighted by Gasteiger charge is -2.22. The van der Waals surface area contributed by atoms with Gasteiger partial charge in [0.1, 0.15) is 37.9 Å². The lowest BCUT2D eigenvalue weighted by atomic mass is 9.88. The molecule has 0 aliphatic rings. The van der Waals surface area contributed by atoms with Gasteiger partial charge in [-0.1, -0.05) is 56.5 Å². The van der Waals surface area contributed by atoms with Crippen molar-refractivity contribution in [3.63, 3.8) is 0 Å². The molecule has 0 N–H and O–H groups in total. The Bertz CT molecular complexity index is 901. The Labute approximate surface area is 195 Å². The van der Waals surface area contributed by atoms with Gasteiger partial charge in [-0.05, 0) is 32.4 Å². The SMILES string of the molecule is C=C(C)C(=O)OCCOc1ccccc1C(CC)c1ccccc1OCCOC(=O)C(=C)C. The summed E-state index contributed by atoms with van der Waals surface area (Å²) in [5.74, 6) is 0.604. The summed E-state index contributed by atoms with van der Waals surface area (Å²) in [6.07, 6.45) is 0.816. The molecule has 0 aromatic heterocycles. The number of carbonyl (C=O) groups excluding carboxylic acids is 2. The molecule has 0 aliphatic heterocycles. The molecule has 0 fully saturated rings. The van der Waals surface area contributed by atoms with Crippen LogP contribution in [-0.2, 0) is 19.1 Å². The summed E-state index contributed by atoms with van der Waals surface area (Å²) >= 11 is 0. The van der Waals surface area contributed by atoms with E-state index in [-0.39, 0.29) is 32.3 Å². The maximum Gasteiger partial charge on any atom is 0.333 e. The third-order valence-electron chi connectivity index (χ3n) is 4.84. The van der Waals surface area contributed by atoms with Crippen LogP contribution in [0.5, 0.6) is 11.5 Å². The molecule has 0 radical (unpaired) electrons. The highest BCUT2D eigenvalue weighted by Gasteiger charge is 2.20. The fraction of sp³-hybridized carbons (Fsp3) is 0.333. The highest BCUT2D eigenvalue weighted by Crippen LogP contribution is 2.38. The first-order chi connectivity index (χ1) is 15.8. The van der Waals surface area contributed by atoms with Crippen molar-refractivity contribution in [2.45, 2.75) is 33.1 Å². The number of ether oxygens (including phenoxy) is 4. The van der Waals surface area contributed by atoms with Gasteiger partial charge in [0.2, 0.25) is 0 Å². The van der Waals surface area contributed by atoms with Gasteiger partial charge in [-0.2, -0.15) is 0 Å². The smallest absolute Gasteiger partial charge is 0.333 e. The summed E-state index contributed by atoms with van der Waals surface area (Å²) in [7, 11) is 0. The summed E-state index contributed by atoms with van der Waals surface area (Å²) in [5.41, 5.74) is 2.73. The van der Waals surface area contributed by atoms with Crippen molar-refractivity contribution < 1.29 is 28.5 Å². The van der Waals surface area contributed by atoms with Crippen LogP contribution in [0.4, 0.5) is 0 Å². The van der Waals surface area contributed by atoms with E-state index in [2.05, 4.69) is 20.1 Å². The Balaban J connectivity index is 2.11.